The second kappa shape index (κ2) is 4.98. The summed E-state index contributed by atoms with van der Waals surface area (Å²) in [5, 5.41) is 17.3. The van der Waals surface area contributed by atoms with Crippen molar-refractivity contribution in [2.75, 3.05) is 0 Å². The molecule has 2 N–H and O–H groups in total. The Hall–Kier alpha value is -1.06. The van der Waals surface area contributed by atoms with E-state index in [4.69, 9.17) is 10.2 Å². The molecular formula is C10H18O4. The summed E-state index contributed by atoms with van der Waals surface area (Å²) in [4.78, 5) is 21.1. The second-order valence-corrected chi connectivity index (χ2v) is 4.73. The zero-order valence-electron chi connectivity index (χ0n) is 8.91. The highest BCUT2D eigenvalue weighted by Crippen LogP contribution is 2.25. The zero-order valence-corrected chi connectivity index (χ0v) is 8.91. The Morgan fingerprint density at radius 2 is 1.71 bits per heavy atom. The maximum Gasteiger partial charge on any atom is 0.307 e. The molecule has 0 rings (SSSR count). The fourth-order valence-electron chi connectivity index (χ4n) is 1.13. The number of rotatable bonds is 5. The number of carboxylic acids is 2. The van der Waals surface area contributed by atoms with Crippen molar-refractivity contribution in [2.24, 2.45) is 11.3 Å². The van der Waals surface area contributed by atoms with Gasteiger partial charge in [-0.3, -0.25) is 9.59 Å². The Bertz CT molecular complexity index is 215. The molecule has 0 aromatic rings. The van der Waals surface area contributed by atoms with Crippen LogP contribution in [0.3, 0.4) is 0 Å². The molecule has 1 atom stereocenters. The smallest absolute Gasteiger partial charge is 0.307 e. The molecule has 4 nitrogen and oxygen atoms in total. The van der Waals surface area contributed by atoms with Crippen molar-refractivity contribution < 1.29 is 19.8 Å². The van der Waals surface area contributed by atoms with E-state index in [9.17, 15) is 9.59 Å². The van der Waals surface area contributed by atoms with Gasteiger partial charge in [-0.1, -0.05) is 20.8 Å². The normalized spacial score (nSPS) is 13.6. The highest BCUT2D eigenvalue weighted by molar-refractivity contribution is 5.77. The predicted molar refractivity (Wildman–Crippen MR) is 52.1 cm³/mol. The first-order valence-corrected chi connectivity index (χ1v) is 4.67. The molecule has 0 saturated heterocycles. The van der Waals surface area contributed by atoms with Crippen LogP contribution in [0.25, 0.3) is 0 Å². The molecule has 0 heterocycles. The highest BCUT2D eigenvalue weighted by Gasteiger charge is 2.23. The molecule has 0 radical (unpaired) electrons. The van der Waals surface area contributed by atoms with Crippen molar-refractivity contribution >= 4 is 11.9 Å². The molecule has 0 aromatic heterocycles. The Labute approximate surface area is 83.9 Å². The van der Waals surface area contributed by atoms with Crippen LogP contribution in [0.1, 0.15) is 40.0 Å². The lowest BCUT2D eigenvalue weighted by atomic mass is 9.86. The summed E-state index contributed by atoms with van der Waals surface area (Å²) in [6.07, 6.45) is 0.855. The highest BCUT2D eigenvalue weighted by atomic mass is 16.4. The summed E-state index contributed by atoms with van der Waals surface area (Å²) in [5.74, 6) is -2.82. The maximum atomic E-state index is 10.7. The van der Waals surface area contributed by atoms with Crippen LogP contribution in [0.15, 0.2) is 0 Å². The molecule has 0 amide bonds. The van der Waals surface area contributed by atoms with Crippen LogP contribution in [0.2, 0.25) is 0 Å². The Kier molecular flexibility index (Phi) is 4.60. The topological polar surface area (TPSA) is 74.6 Å². The molecule has 0 spiro atoms. The number of carbonyl (C=O) groups is 2. The van der Waals surface area contributed by atoms with Crippen molar-refractivity contribution in [2.45, 2.75) is 40.0 Å². The molecule has 0 aliphatic carbocycles. The van der Waals surface area contributed by atoms with E-state index in [-0.39, 0.29) is 11.8 Å². The van der Waals surface area contributed by atoms with Gasteiger partial charge < -0.3 is 10.2 Å². The van der Waals surface area contributed by atoms with Crippen LogP contribution in [-0.4, -0.2) is 22.2 Å². The summed E-state index contributed by atoms with van der Waals surface area (Å²) >= 11 is 0. The number of hydrogen-bond acceptors (Lipinski definition) is 2. The van der Waals surface area contributed by atoms with Crippen molar-refractivity contribution in [3.05, 3.63) is 0 Å². The summed E-state index contributed by atoms with van der Waals surface area (Å²) in [5.41, 5.74) is 0.0478. The van der Waals surface area contributed by atoms with Crippen molar-refractivity contribution in [1.29, 1.82) is 0 Å². The van der Waals surface area contributed by atoms with Gasteiger partial charge >= 0.3 is 11.9 Å². The van der Waals surface area contributed by atoms with Crippen molar-refractivity contribution in [3.63, 3.8) is 0 Å². The predicted octanol–water partition coefficient (Wildman–Crippen LogP) is 1.99. The minimum atomic E-state index is -1.05. The molecule has 4 heteroatoms. The lowest BCUT2D eigenvalue weighted by Crippen LogP contribution is -2.20. The first kappa shape index (κ1) is 12.9. The SMILES string of the molecule is CC(C)(C)CCC(CC(=O)O)C(=O)O. The summed E-state index contributed by atoms with van der Waals surface area (Å²) in [6, 6.07) is 0. The lowest BCUT2D eigenvalue weighted by Gasteiger charge is -2.20. The lowest BCUT2D eigenvalue weighted by molar-refractivity contribution is -0.148. The zero-order chi connectivity index (χ0) is 11.4. The van der Waals surface area contributed by atoms with Gasteiger partial charge in [0.2, 0.25) is 0 Å². The molecule has 0 fully saturated rings. The van der Waals surface area contributed by atoms with Gasteiger partial charge in [-0.25, -0.2) is 0 Å². The maximum absolute atomic E-state index is 10.7. The fourth-order valence-corrected chi connectivity index (χ4v) is 1.13. The van der Waals surface area contributed by atoms with Crippen LogP contribution in [0, 0.1) is 11.3 Å². The van der Waals surface area contributed by atoms with Gasteiger partial charge in [-0.05, 0) is 18.3 Å². The van der Waals surface area contributed by atoms with Crippen LogP contribution >= 0.6 is 0 Å². The van der Waals surface area contributed by atoms with E-state index in [0.717, 1.165) is 6.42 Å². The van der Waals surface area contributed by atoms with Crippen LogP contribution < -0.4 is 0 Å². The van der Waals surface area contributed by atoms with Gasteiger partial charge in [0.15, 0.2) is 0 Å². The van der Waals surface area contributed by atoms with Crippen LogP contribution in [-0.2, 0) is 9.59 Å². The Balaban J connectivity index is 4.11. The molecular weight excluding hydrogens is 184 g/mol. The van der Waals surface area contributed by atoms with E-state index in [0.29, 0.717) is 6.42 Å². The standard InChI is InChI=1S/C10H18O4/c1-10(2,3)5-4-7(9(13)14)6-8(11)12/h7H,4-6H2,1-3H3,(H,11,12)(H,13,14). The molecule has 0 saturated carbocycles. The third-order valence-electron chi connectivity index (χ3n) is 2.01. The third-order valence-corrected chi connectivity index (χ3v) is 2.01. The average Bonchev–Trinajstić information content (AvgIpc) is 1.94. The molecule has 0 aliphatic heterocycles. The van der Waals surface area contributed by atoms with Gasteiger partial charge in [0.25, 0.3) is 0 Å². The van der Waals surface area contributed by atoms with Gasteiger partial charge in [-0.2, -0.15) is 0 Å². The van der Waals surface area contributed by atoms with E-state index in [1.807, 2.05) is 20.8 Å². The van der Waals surface area contributed by atoms with Crippen LogP contribution in [0.4, 0.5) is 0 Å². The minimum Gasteiger partial charge on any atom is -0.481 e. The van der Waals surface area contributed by atoms with E-state index < -0.39 is 17.9 Å². The van der Waals surface area contributed by atoms with E-state index in [1.54, 1.807) is 0 Å². The third kappa shape index (κ3) is 6.46. The van der Waals surface area contributed by atoms with Gasteiger partial charge in [0, 0.05) is 0 Å². The quantitative estimate of drug-likeness (QED) is 0.714. The van der Waals surface area contributed by atoms with Gasteiger partial charge in [0.05, 0.1) is 12.3 Å². The summed E-state index contributed by atoms with van der Waals surface area (Å²) < 4.78 is 0. The monoisotopic (exact) mass is 202 g/mol. The molecule has 1 unspecified atom stereocenters. The molecule has 0 aromatic carbocycles. The Morgan fingerprint density at radius 3 is 2.00 bits per heavy atom. The molecule has 82 valence electrons. The minimum absolute atomic E-state index is 0.0478. The average molecular weight is 202 g/mol. The Morgan fingerprint density at radius 1 is 1.21 bits per heavy atom. The first-order valence-electron chi connectivity index (χ1n) is 4.67. The largest absolute Gasteiger partial charge is 0.481 e. The second-order valence-electron chi connectivity index (χ2n) is 4.73. The van der Waals surface area contributed by atoms with Crippen molar-refractivity contribution in [3.8, 4) is 0 Å². The number of carboxylic acid groups (broad SMARTS) is 2. The molecule has 0 aliphatic rings. The number of hydrogen-bond donors (Lipinski definition) is 2. The first-order chi connectivity index (χ1) is 6.22. The fraction of sp³-hybridized carbons (Fsp3) is 0.800. The van der Waals surface area contributed by atoms with Crippen LogP contribution in [0.5, 0.6) is 0 Å². The van der Waals surface area contributed by atoms with Gasteiger partial charge in [-0.15, -0.1) is 0 Å². The van der Waals surface area contributed by atoms with Crippen molar-refractivity contribution in [1.82, 2.24) is 0 Å². The van der Waals surface area contributed by atoms with E-state index in [1.165, 1.54) is 0 Å². The van der Waals surface area contributed by atoms with E-state index in [2.05, 4.69) is 0 Å². The van der Waals surface area contributed by atoms with Gasteiger partial charge in [0.1, 0.15) is 0 Å². The van der Waals surface area contributed by atoms with E-state index >= 15 is 0 Å². The summed E-state index contributed by atoms with van der Waals surface area (Å²) in [6.45, 7) is 6.02. The molecule has 14 heavy (non-hydrogen) atoms. The molecule has 0 bridgehead atoms. The summed E-state index contributed by atoms with van der Waals surface area (Å²) in [7, 11) is 0. The number of aliphatic carboxylic acids is 2.